The zero-order valence-electron chi connectivity index (χ0n) is 11.6. The highest BCUT2D eigenvalue weighted by atomic mass is 15.3. The number of likely N-dealkylation sites (N-methyl/N-ethyl adjacent to an activating group) is 2. The van der Waals surface area contributed by atoms with Crippen molar-refractivity contribution < 1.29 is 0 Å². The second-order valence-electron chi connectivity index (χ2n) is 5.20. The van der Waals surface area contributed by atoms with E-state index in [1.165, 1.54) is 0 Å². The first kappa shape index (κ1) is 13.4. The maximum absolute atomic E-state index is 5.63. The molecular weight excluding hydrogens is 226 g/mol. The van der Waals surface area contributed by atoms with Crippen LogP contribution in [0, 0.1) is 6.92 Å². The number of piperazine rings is 1. The molecule has 1 fully saturated rings. The van der Waals surface area contributed by atoms with Gasteiger partial charge in [0.2, 0.25) is 0 Å². The molecule has 5 nitrogen and oxygen atoms in total. The van der Waals surface area contributed by atoms with Gasteiger partial charge in [-0.3, -0.25) is 0 Å². The van der Waals surface area contributed by atoms with Crippen molar-refractivity contribution in [3.8, 4) is 0 Å². The van der Waals surface area contributed by atoms with Crippen molar-refractivity contribution in [2.45, 2.75) is 25.9 Å². The highest BCUT2D eigenvalue weighted by Gasteiger charge is 2.23. The van der Waals surface area contributed by atoms with E-state index in [9.17, 15) is 0 Å². The van der Waals surface area contributed by atoms with Crippen LogP contribution in [0.2, 0.25) is 0 Å². The van der Waals surface area contributed by atoms with Crippen LogP contribution in [0.15, 0.2) is 6.20 Å². The quantitative estimate of drug-likeness (QED) is 0.819. The van der Waals surface area contributed by atoms with E-state index >= 15 is 0 Å². The van der Waals surface area contributed by atoms with Crippen LogP contribution in [0.1, 0.15) is 17.1 Å². The minimum absolute atomic E-state index is 0.506. The normalized spacial score (nSPS) is 22.3. The number of rotatable bonds is 3. The monoisotopic (exact) mass is 249 g/mol. The summed E-state index contributed by atoms with van der Waals surface area (Å²) in [4.78, 5) is 13.8. The van der Waals surface area contributed by atoms with Gasteiger partial charge >= 0.3 is 0 Å². The summed E-state index contributed by atoms with van der Waals surface area (Å²) in [5.74, 6) is 0.928. The molecule has 2 heterocycles. The van der Waals surface area contributed by atoms with Crippen molar-refractivity contribution in [1.82, 2.24) is 19.8 Å². The van der Waals surface area contributed by atoms with E-state index < -0.39 is 0 Å². The molecule has 1 aromatic rings. The van der Waals surface area contributed by atoms with Crippen molar-refractivity contribution in [3.63, 3.8) is 0 Å². The molecule has 0 saturated carbocycles. The fraction of sp³-hybridized carbons (Fsp3) is 0.692. The minimum atomic E-state index is 0.506. The lowest BCUT2D eigenvalue weighted by atomic mass is 10.1. The Hall–Kier alpha value is -1.04. The lowest BCUT2D eigenvalue weighted by Crippen LogP contribution is -2.51. The molecule has 2 N–H and O–H groups in total. The summed E-state index contributed by atoms with van der Waals surface area (Å²) in [6.45, 7) is 5.85. The molecule has 18 heavy (non-hydrogen) atoms. The second kappa shape index (κ2) is 5.73. The predicted molar refractivity (Wildman–Crippen MR) is 72.3 cm³/mol. The molecule has 0 bridgehead atoms. The molecule has 1 aliphatic rings. The van der Waals surface area contributed by atoms with E-state index in [0.717, 1.165) is 43.1 Å². The van der Waals surface area contributed by atoms with Gasteiger partial charge in [-0.1, -0.05) is 0 Å². The molecular formula is C13H23N5. The molecule has 1 aromatic heterocycles. The van der Waals surface area contributed by atoms with Gasteiger partial charge in [-0.2, -0.15) is 0 Å². The Kier molecular flexibility index (Phi) is 4.27. The van der Waals surface area contributed by atoms with Crippen LogP contribution in [0.5, 0.6) is 0 Å². The fourth-order valence-electron chi connectivity index (χ4n) is 2.37. The minimum Gasteiger partial charge on any atom is -0.326 e. The Bertz CT molecular complexity index is 406. The summed E-state index contributed by atoms with van der Waals surface area (Å²) in [6.07, 6.45) is 2.77. The first-order valence-corrected chi connectivity index (χ1v) is 6.50. The van der Waals surface area contributed by atoms with Gasteiger partial charge < -0.3 is 15.5 Å². The van der Waals surface area contributed by atoms with Gasteiger partial charge in [0.05, 0.1) is 0 Å². The van der Waals surface area contributed by atoms with Crippen LogP contribution in [-0.2, 0) is 13.0 Å². The second-order valence-corrected chi connectivity index (χ2v) is 5.20. The van der Waals surface area contributed by atoms with E-state index in [0.29, 0.717) is 12.6 Å². The van der Waals surface area contributed by atoms with Crippen molar-refractivity contribution in [3.05, 3.63) is 23.3 Å². The third-order valence-corrected chi connectivity index (χ3v) is 3.75. The predicted octanol–water partition coefficient (Wildman–Crippen LogP) is 0.0320. The average Bonchev–Trinajstić information content (AvgIpc) is 2.34. The van der Waals surface area contributed by atoms with Crippen LogP contribution in [-0.4, -0.2) is 59.5 Å². The van der Waals surface area contributed by atoms with E-state index in [1.54, 1.807) is 0 Å². The molecule has 100 valence electrons. The number of nitrogens with zero attached hydrogens (tertiary/aromatic N) is 4. The number of aryl methyl sites for hydroxylation is 1. The zero-order chi connectivity index (χ0) is 13.1. The number of nitrogens with two attached hydrogens (primary N) is 1. The summed E-state index contributed by atoms with van der Waals surface area (Å²) in [5.41, 5.74) is 7.67. The molecule has 5 heteroatoms. The third-order valence-electron chi connectivity index (χ3n) is 3.75. The van der Waals surface area contributed by atoms with Crippen LogP contribution < -0.4 is 5.73 Å². The summed E-state index contributed by atoms with van der Waals surface area (Å²) >= 11 is 0. The van der Waals surface area contributed by atoms with Crippen LogP contribution in [0.3, 0.4) is 0 Å². The molecule has 0 radical (unpaired) electrons. The molecule has 1 unspecified atom stereocenters. The Morgan fingerprint density at radius 2 is 2.17 bits per heavy atom. The summed E-state index contributed by atoms with van der Waals surface area (Å²) in [7, 11) is 4.35. The van der Waals surface area contributed by atoms with Crippen molar-refractivity contribution in [2.24, 2.45) is 5.73 Å². The van der Waals surface area contributed by atoms with Gasteiger partial charge in [0.25, 0.3) is 0 Å². The van der Waals surface area contributed by atoms with E-state index in [2.05, 4.69) is 33.9 Å². The van der Waals surface area contributed by atoms with Gasteiger partial charge in [0.1, 0.15) is 5.82 Å². The zero-order valence-corrected chi connectivity index (χ0v) is 11.6. The SMILES string of the molecule is Cc1nc(CC2CN(C)CCN2C)ncc1CN. The molecule has 1 aliphatic heterocycles. The molecule has 2 rings (SSSR count). The standard InChI is InChI=1S/C13H23N5/c1-10-11(7-14)8-15-13(16-10)6-12-9-17(2)4-5-18(12)3/h8,12H,4-7,9,14H2,1-3H3. The smallest absolute Gasteiger partial charge is 0.130 e. The summed E-state index contributed by atoms with van der Waals surface area (Å²) in [5, 5.41) is 0. The van der Waals surface area contributed by atoms with E-state index in [1.807, 2.05) is 13.1 Å². The van der Waals surface area contributed by atoms with Crippen molar-refractivity contribution in [1.29, 1.82) is 0 Å². The highest BCUT2D eigenvalue weighted by molar-refractivity contribution is 5.16. The molecule has 0 amide bonds. The van der Waals surface area contributed by atoms with Crippen LogP contribution in [0.4, 0.5) is 0 Å². The maximum atomic E-state index is 5.63. The van der Waals surface area contributed by atoms with E-state index in [-0.39, 0.29) is 0 Å². The summed E-state index contributed by atoms with van der Waals surface area (Å²) < 4.78 is 0. The number of hydrogen-bond donors (Lipinski definition) is 1. The largest absolute Gasteiger partial charge is 0.326 e. The van der Waals surface area contributed by atoms with Crippen LogP contribution in [0.25, 0.3) is 0 Å². The lowest BCUT2D eigenvalue weighted by molar-refractivity contribution is 0.113. The molecule has 0 spiro atoms. The van der Waals surface area contributed by atoms with Crippen molar-refractivity contribution >= 4 is 0 Å². The molecule has 0 aliphatic carbocycles. The molecule has 1 atom stereocenters. The Labute approximate surface area is 109 Å². The number of aromatic nitrogens is 2. The first-order chi connectivity index (χ1) is 8.60. The average molecular weight is 249 g/mol. The van der Waals surface area contributed by atoms with Gasteiger partial charge in [-0.15, -0.1) is 0 Å². The number of hydrogen-bond acceptors (Lipinski definition) is 5. The Balaban J connectivity index is 2.06. The first-order valence-electron chi connectivity index (χ1n) is 6.50. The van der Waals surface area contributed by atoms with Gasteiger partial charge in [-0.25, -0.2) is 9.97 Å². The Morgan fingerprint density at radius 1 is 1.39 bits per heavy atom. The summed E-state index contributed by atoms with van der Waals surface area (Å²) in [6, 6.07) is 0.506. The Morgan fingerprint density at radius 3 is 2.83 bits per heavy atom. The molecule has 0 aromatic carbocycles. The third kappa shape index (κ3) is 3.04. The topological polar surface area (TPSA) is 58.3 Å². The lowest BCUT2D eigenvalue weighted by Gasteiger charge is -2.37. The fourth-order valence-corrected chi connectivity index (χ4v) is 2.37. The van der Waals surface area contributed by atoms with Gasteiger partial charge in [0.15, 0.2) is 0 Å². The maximum Gasteiger partial charge on any atom is 0.130 e. The highest BCUT2D eigenvalue weighted by Crippen LogP contribution is 2.11. The van der Waals surface area contributed by atoms with Crippen LogP contribution >= 0.6 is 0 Å². The van der Waals surface area contributed by atoms with Crippen molar-refractivity contribution in [2.75, 3.05) is 33.7 Å². The van der Waals surface area contributed by atoms with Gasteiger partial charge in [0, 0.05) is 56.1 Å². The molecule has 1 saturated heterocycles. The van der Waals surface area contributed by atoms with Gasteiger partial charge in [-0.05, 0) is 21.0 Å². The van der Waals surface area contributed by atoms with E-state index in [4.69, 9.17) is 5.73 Å².